The van der Waals surface area contributed by atoms with E-state index in [1.54, 1.807) is 35.7 Å². The van der Waals surface area contributed by atoms with Crippen molar-refractivity contribution >= 4 is 18.0 Å². The molecule has 0 saturated heterocycles. The molecule has 0 aliphatic rings. The lowest BCUT2D eigenvalue weighted by atomic mass is 10.3. The van der Waals surface area contributed by atoms with Crippen LogP contribution >= 0.6 is 0 Å². The number of nitrogens with zero attached hydrogens (tertiary/aromatic N) is 4. The Kier molecular flexibility index (Phi) is 5.54. The largest absolute Gasteiger partial charge is 0.483 e. The molecule has 1 amide bonds. The Morgan fingerprint density at radius 3 is 2.65 bits per heavy atom. The van der Waals surface area contributed by atoms with Crippen LogP contribution in [-0.4, -0.2) is 42.1 Å². The van der Waals surface area contributed by atoms with Gasteiger partial charge in [0.25, 0.3) is 18.2 Å². The van der Waals surface area contributed by atoms with Gasteiger partial charge in [-0.1, -0.05) is 6.07 Å². The number of fused-ring (bicyclic) bond motifs is 1. The van der Waals surface area contributed by atoms with Crippen LogP contribution in [0.25, 0.3) is 5.65 Å². The smallest absolute Gasteiger partial charge is 0.453 e. The predicted molar refractivity (Wildman–Crippen MR) is 81.2 cm³/mol. The third-order valence-electron chi connectivity index (χ3n) is 3.19. The Balaban J connectivity index is 0.000000758. The van der Waals surface area contributed by atoms with E-state index >= 15 is 0 Å². The molecule has 0 spiro atoms. The van der Waals surface area contributed by atoms with Gasteiger partial charge in [0.15, 0.2) is 0 Å². The molecule has 26 heavy (non-hydrogen) atoms. The van der Waals surface area contributed by atoms with E-state index in [4.69, 9.17) is 9.90 Å². The van der Waals surface area contributed by atoms with Gasteiger partial charge in [-0.2, -0.15) is 13.2 Å². The minimum absolute atomic E-state index is 0.0907. The quantitative estimate of drug-likeness (QED) is 0.599. The van der Waals surface area contributed by atoms with Gasteiger partial charge in [0.2, 0.25) is 0 Å². The summed E-state index contributed by atoms with van der Waals surface area (Å²) in [5.74, 6) is -1.87. The molecule has 0 aliphatic heterocycles. The summed E-state index contributed by atoms with van der Waals surface area (Å²) in [5.41, 5.74) is 1.44. The molecular formula is C14H13F3N6O3. The number of carbonyl (C=O) groups excluding carboxylic acids is 1. The molecule has 3 aromatic heterocycles. The summed E-state index contributed by atoms with van der Waals surface area (Å²) < 4.78 is 38.9. The summed E-state index contributed by atoms with van der Waals surface area (Å²) >= 11 is 0. The Morgan fingerprint density at radius 2 is 2.08 bits per heavy atom. The van der Waals surface area contributed by atoms with Crippen LogP contribution in [0.1, 0.15) is 27.8 Å². The number of carboxylic acid groups (broad SMARTS) is 1. The van der Waals surface area contributed by atoms with E-state index in [2.05, 4.69) is 25.5 Å². The topological polar surface area (TPSA) is 125 Å². The number of H-pyrrole nitrogens is 1. The fraction of sp³-hybridized carbons (Fsp3) is 0.214. The molecule has 0 bridgehead atoms. The van der Waals surface area contributed by atoms with Crippen molar-refractivity contribution in [2.75, 3.05) is 0 Å². The van der Waals surface area contributed by atoms with E-state index in [0.717, 1.165) is 0 Å². The number of nitrogens with one attached hydrogen (secondary N) is 2. The van der Waals surface area contributed by atoms with Crippen LogP contribution in [0.2, 0.25) is 0 Å². The first-order valence-electron chi connectivity index (χ1n) is 7.06. The molecular weight excluding hydrogens is 357 g/mol. The Labute approximate surface area is 143 Å². The molecule has 0 aromatic carbocycles. The number of imidazole rings is 1. The molecule has 0 saturated carbocycles. The van der Waals surface area contributed by atoms with E-state index in [9.17, 15) is 18.0 Å². The van der Waals surface area contributed by atoms with Crippen LogP contribution in [0, 0.1) is 6.92 Å². The molecule has 9 nitrogen and oxygen atoms in total. The lowest BCUT2D eigenvalue weighted by molar-refractivity contribution is -0.144. The Bertz CT molecular complexity index is 918. The molecule has 0 aliphatic carbocycles. The van der Waals surface area contributed by atoms with Gasteiger partial charge in [-0.25, -0.2) is 9.97 Å². The van der Waals surface area contributed by atoms with Crippen molar-refractivity contribution < 1.29 is 27.9 Å². The third-order valence-corrected chi connectivity index (χ3v) is 3.19. The van der Waals surface area contributed by atoms with Gasteiger partial charge in [0.1, 0.15) is 17.2 Å². The maximum atomic E-state index is 12.4. The number of amides is 1. The maximum absolute atomic E-state index is 12.4. The van der Waals surface area contributed by atoms with Gasteiger partial charge in [0, 0.05) is 6.20 Å². The van der Waals surface area contributed by atoms with E-state index in [0.29, 0.717) is 11.3 Å². The first-order chi connectivity index (χ1) is 12.3. The standard InChI is InChI=1S/C13H11F3N6O.CH2O2/c1-7-10(19-9-4-2-3-5-22(7)9)11(23)17-6-8-18-12(21-20-8)13(14,15)16;2-1-3/h2-5H,6H2,1H3,(H,17,23)(H,18,20,21);1H,(H,2,3). The molecule has 3 N–H and O–H groups in total. The number of rotatable bonds is 3. The number of hydrogen-bond donors (Lipinski definition) is 3. The fourth-order valence-electron chi connectivity index (χ4n) is 2.08. The second-order valence-electron chi connectivity index (χ2n) is 4.87. The maximum Gasteiger partial charge on any atom is 0.453 e. The number of alkyl halides is 3. The highest BCUT2D eigenvalue weighted by Crippen LogP contribution is 2.25. The van der Waals surface area contributed by atoms with Crippen LogP contribution in [0.3, 0.4) is 0 Å². The summed E-state index contributed by atoms with van der Waals surface area (Å²) in [6.07, 6.45) is -2.86. The molecule has 3 heterocycles. The lowest BCUT2D eigenvalue weighted by Gasteiger charge is -2.01. The zero-order chi connectivity index (χ0) is 19.3. The zero-order valence-electron chi connectivity index (χ0n) is 13.3. The van der Waals surface area contributed by atoms with Crippen molar-refractivity contribution in [3.63, 3.8) is 0 Å². The molecule has 0 radical (unpaired) electrons. The van der Waals surface area contributed by atoms with Crippen molar-refractivity contribution in [3.05, 3.63) is 47.4 Å². The summed E-state index contributed by atoms with van der Waals surface area (Å²) in [5, 5.41) is 14.6. The minimum atomic E-state index is -4.63. The van der Waals surface area contributed by atoms with Gasteiger partial charge >= 0.3 is 6.18 Å². The number of aryl methyl sites for hydroxylation is 1. The number of pyridine rings is 1. The first-order valence-corrected chi connectivity index (χ1v) is 7.06. The summed E-state index contributed by atoms with van der Waals surface area (Å²) in [4.78, 5) is 28.0. The highest BCUT2D eigenvalue weighted by molar-refractivity contribution is 5.94. The van der Waals surface area contributed by atoms with Gasteiger partial charge in [0.05, 0.1) is 12.2 Å². The van der Waals surface area contributed by atoms with Crippen molar-refractivity contribution in [1.82, 2.24) is 29.9 Å². The Morgan fingerprint density at radius 1 is 1.38 bits per heavy atom. The van der Waals surface area contributed by atoms with Crippen molar-refractivity contribution in [2.24, 2.45) is 0 Å². The Hall–Kier alpha value is -3.44. The summed E-state index contributed by atoms with van der Waals surface area (Å²) in [6, 6.07) is 5.34. The normalized spacial score (nSPS) is 10.9. The first kappa shape index (κ1) is 18.9. The number of hydrogen-bond acceptors (Lipinski definition) is 5. The SMILES string of the molecule is Cc1c(C(=O)NCc2nc(C(F)(F)F)n[nH]2)nc2ccccn12.O=CO. The zero-order valence-corrected chi connectivity index (χ0v) is 13.3. The van der Waals surface area contributed by atoms with Crippen LogP contribution < -0.4 is 5.32 Å². The molecule has 138 valence electrons. The van der Waals surface area contributed by atoms with Crippen LogP contribution in [-0.2, 0) is 17.5 Å². The second kappa shape index (κ2) is 7.63. The van der Waals surface area contributed by atoms with E-state index < -0.39 is 17.9 Å². The molecule has 12 heteroatoms. The molecule has 3 rings (SSSR count). The van der Waals surface area contributed by atoms with E-state index in [-0.39, 0.29) is 24.5 Å². The average molecular weight is 370 g/mol. The van der Waals surface area contributed by atoms with Gasteiger partial charge < -0.3 is 14.8 Å². The second-order valence-corrected chi connectivity index (χ2v) is 4.87. The van der Waals surface area contributed by atoms with Crippen LogP contribution in [0.15, 0.2) is 24.4 Å². The minimum Gasteiger partial charge on any atom is -0.483 e. The van der Waals surface area contributed by atoms with Crippen molar-refractivity contribution in [1.29, 1.82) is 0 Å². The van der Waals surface area contributed by atoms with E-state index in [1.807, 2.05) is 0 Å². The lowest BCUT2D eigenvalue weighted by Crippen LogP contribution is -2.24. The van der Waals surface area contributed by atoms with Gasteiger partial charge in [-0.3, -0.25) is 14.7 Å². The number of aromatic nitrogens is 5. The highest BCUT2D eigenvalue weighted by atomic mass is 19.4. The predicted octanol–water partition coefficient (Wildman–Crippen LogP) is 1.41. The molecule has 0 atom stereocenters. The van der Waals surface area contributed by atoms with Crippen molar-refractivity contribution in [2.45, 2.75) is 19.6 Å². The molecule has 0 unspecified atom stereocenters. The van der Waals surface area contributed by atoms with E-state index in [1.165, 1.54) is 0 Å². The number of halogens is 3. The third kappa shape index (κ3) is 4.15. The monoisotopic (exact) mass is 370 g/mol. The fourth-order valence-corrected chi connectivity index (χ4v) is 2.08. The summed E-state index contributed by atoms with van der Waals surface area (Å²) in [7, 11) is 0. The van der Waals surface area contributed by atoms with Gasteiger partial charge in [-0.15, -0.1) is 5.10 Å². The molecule has 0 fully saturated rings. The average Bonchev–Trinajstić information content (AvgIpc) is 3.19. The van der Waals surface area contributed by atoms with Gasteiger partial charge in [-0.05, 0) is 19.1 Å². The van der Waals surface area contributed by atoms with Crippen molar-refractivity contribution in [3.8, 4) is 0 Å². The summed E-state index contributed by atoms with van der Waals surface area (Å²) in [6.45, 7) is 1.26. The highest BCUT2D eigenvalue weighted by Gasteiger charge is 2.36. The molecule has 3 aromatic rings. The van der Waals surface area contributed by atoms with Crippen LogP contribution in [0.4, 0.5) is 13.2 Å². The number of carbonyl (C=O) groups is 2. The number of aromatic amines is 1. The van der Waals surface area contributed by atoms with Crippen LogP contribution in [0.5, 0.6) is 0 Å².